The van der Waals surface area contributed by atoms with Gasteiger partial charge in [-0.3, -0.25) is 14.1 Å². The van der Waals surface area contributed by atoms with Gasteiger partial charge in [0, 0.05) is 5.92 Å². The number of ether oxygens (including phenoxy) is 1. The quantitative estimate of drug-likeness (QED) is 0.354. The Kier molecular flexibility index (Phi) is 11.7. The number of rotatable bonds is 9. The molecule has 0 spiro atoms. The molecular formula is C18H35NO6S. The summed E-state index contributed by atoms with van der Waals surface area (Å²) in [6, 6.07) is 0. The molecule has 2 N–H and O–H groups in total. The number of carbonyl (C=O) groups excluding carboxylic acids is 2. The van der Waals surface area contributed by atoms with E-state index in [2.05, 4.69) is 11.9 Å². The van der Waals surface area contributed by atoms with Gasteiger partial charge in [0.2, 0.25) is 5.91 Å². The van der Waals surface area contributed by atoms with Gasteiger partial charge in [-0.05, 0) is 40.5 Å². The molecule has 0 fully saturated rings. The largest absolute Gasteiger partial charge is 0.461 e. The van der Waals surface area contributed by atoms with Crippen molar-refractivity contribution in [2.45, 2.75) is 66.8 Å². The van der Waals surface area contributed by atoms with Crippen LogP contribution in [0.2, 0.25) is 0 Å². The molecule has 0 aliphatic carbocycles. The van der Waals surface area contributed by atoms with E-state index in [4.69, 9.17) is 9.29 Å². The van der Waals surface area contributed by atoms with Gasteiger partial charge in [0.1, 0.15) is 6.61 Å². The van der Waals surface area contributed by atoms with E-state index in [0.29, 0.717) is 13.0 Å². The summed E-state index contributed by atoms with van der Waals surface area (Å²) < 4.78 is 34.9. The summed E-state index contributed by atoms with van der Waals surface area (Å²) >= 11 is 0. The van der Waals surface area contributed by atoms with E-state index in [9.17, 15) is 18.0 Å². The fraction of sp³-hybridized carbons (Fsp3) is 0.778. The Hall–Kier alpha value is -1.41. The fourth-order valence-corrected chi connectivity index (χ4v) is 2.59. The van der Waals surface area contributed by atoms with Crippen LogP contribution in [0.5, 0.6) is 0 Å². The van der Waals surface area contributed by atoms with Gasteiger partial charge < -0.3 is 10.1 Å². The lowest BCUT2D eigenvalue weighted by Crippen LogP contribution is -2.49. The van der Waals surface area contributed by atoms with Crippen LogP contribution in [0.3, 0.4) is 0 Å². The minimum absolute atomic E-state index is 0.153. The average molecular weight is 394 g/mol. The molecule has 0 bridgehead atoms. The van der Waals surface area contributed by atoms with Crippen molar-refractivity contribution in [2.24, 2.45) is 11.3 Å². The van der Waals surface area contributed by atoms with Crippen molar-refractivity contribution >= 4 is 22.0 Å². The first-order valence-electron chi connectivity index (χ1n) is 8.67. The molecule has 0 aliphatic rings. The minimum atomic E-state index is -4.07. The molecule has 8 heteroatoms. The number of carbonyl (C=O) groups is 2. The maximum Gasteiger partial charge on any atom is 0.311 e. The molecule has 7 nitrogen and oxygen atoms in total. The van der Waals surface area contributed by atoms with Crippen LogP contribution < -0.4 is 5.32 Å². The summed E-state index contributed by atoms with van der Waals surface area (Å²) in [4.78, 5) is 22.7. The summed E-state index contributed by atoms with van der Waals surface area (Å²) in [5.41, 5.74) is -1.31. The number of nitrogens with one attached hydrogen (secondary N) is 1. The van der Waals surface area contributed by atoms with Crippen molar-refractivity contribution in [1.29, 1.82) is 0 Å². The molecule has 0 aromatic carbocycles. The normalized spacial score (nSPS) is 13.1. The Morgan fingerprint density at radius 2 is 1.73 bits per heavy atom. The van der Waals surface area contributed by atoms with Gasteiger partial charge in [-0.25, -0.2) is 0 Å². The van der Waals surface area contributed by atoms with E-state index in [1.165, 1.54) is 0 Å². The highest BCUT2D eigenvalue weighted by Gasteiger charge is 2.28. The third kappa shape index (κ3) is 12.9. The van der Waals surface area contributed by atoms with Crippen LogP contribution in [0.15, 0.2) is 12.7 Å². The Balaban J connectivity index is 0. The fourth-order valence-electron chi connectivity index (χ4n) is 1.61. The molecule has 1 atom stereocenters. The smallest absolute Gasteiger partial charge is 0.311 e. The number of esters is 1. The summed E-state index contributed by atoms with van der Waals surface area (Å²) in [5.74, 6) is -1.00. The molecule has 0 aliphatic heterocycles. The molecule has 0 saturated carbocycles. The average Bonchev–Trinajstić information content (AvgIpc) is 2.49. The second-order valence-corrected chi connectivity index (χ2v) is 8.99. The maximum absolute atomic E-state index is 11.5. The molecule has 26 heavy (non-hydrogen) atoms. The predicted molar refractivity (Wildman–Crippen MR) is 103 cm³/mol. The van der Waals surface area contributed by atoms with Crippen molar-refractivity contribution in [3.8, 4) is 0 Å². The van der Waals surface area contributed by atoms with Gasteiger partial charge in [-0.1, -0.05) is 33.4 Å². The monoisotopic (exact) mass is 393 g/mol. The van der Waals surface area contributed by atoms with E-state index < -0.39 is 21.4 Å². The first-order chi connectivity index (χ1) is 11.6. The molecule has 0 aromatic rings. The van der Waals surface area contributed by atoms with Gasteiger partial charge in [0.05, 0.1) is 16.7 Å². The molecule has 0 radical (unpaired) electrons. The van der Waals surface area contributed by atoms with Gasteiger partial charge in [0.15, 0.2) is 0 Å². The van der Waals surface area contributed by atoms with Crippen LogP contribution in [0.4, 0.5) is 0 Å². The minimum Gasteiger partial charge on any atom is -0.461 e. The zero-order valence-electron chi connectivity index (χ0n) is 17.1. The zero-order chi connectivity index (χ0) is 21.2. The number of amides is 1. The third-order valence-corrected chi connectivity index (χ3v) is 4.92. The molecule has 0 saturated heterocycles. The van der Waals surface area contributed by atoms with Gasteiger partial charge >= 0.3 is 5.97 Å². The molecule has 0 heterocycles. The van der Waals surface area contributed by atoms with Gasteiger partial charge in [-0.15, -0.1) is 0 Å². The van der Waals surface area contributed by atoms with E-state index in [-0.39, 0.29) is 23.2 Å². The molecule has 0 rings (SSSR count). The molecule has 0 aromatic heterocycles. The summed E-state index contributed by atoms with van der Waals surface area (Å²) in [6.07, 6.45) is 3.06. The van der Waals surface area contributed by atoms with Crippen molar-refractivity contribution in [1.82, 2.24) is 5.32 Å². The lowest BCUT2D eigenvalue weighted by atomic mass is 9.91. The topological polar surface area (TPSA) is 110 Å². The van der Waals surface area contributed by atoms with E-state index in [1.54, 1.807) is 26.8 Å². The lowest BCUT2D eigenvalue weighted by molar-refractivity contribution is -0.152. The highest BCUT2D eigenvalue weighted by atomic mass is 32.2. The predicted octanol–water partition coefficient (Wildman–Crippen LogP) is 2.97. The lowest BCUT2D eigenvalue weighted by Gasteiger charge is -2.26. The van der Waals surface area contributed by atoms with E-state index in [1.807, 2.05) is 27.7 Å². The maximum atomic E-state index is 11.5. The summed E-state index contributed by atoms with van der Waals surface area (Å²) in [5, 5.41) is 2.59. The Bertz CT molecular complexity index is 566. The summed E-state index contributed by atoms with van der Waals surface area (Å²) in [6.45, 7) is 16.2. The highest BCUT2D eigenvalue weighted by molar-refractivity contribution is 7.85. The highest BCUT2D eigenvalue weighted by Crippen LogP contribution is 2.21. The second-order valence-electron chi connectivity index (χ2n) is 7.53. The third-order valence-electron chi connectivity index (χ3n) is 3.83. The number of hydrogen-bond acceptors (Lipinski definition) is 5. The Morgan fingerprint density at radius 3 is 2.08 bits per heavy atom. The van der Waals surface area contributed by atoms with Crippen LogP contribution in [0, 0.1) is 11.3 Å². The van der Waals surface area contributed by atoms with Crippen molar-refractivity contribution in [2.75, 3.05) is 12.4 Å². The van der Waals surface area contributed by atoms with Crippen molar-refractivity contribution in [3.05, 3.63) is 12.7 Å². The van der Waals surface area contributed by atoms with Gasteiger partial charge in [-0.2, -0.15) is 8.42 Å². The Morgan fingerprint density at radius 1 is 1.23 bits per heavy atom. The summed E-state index contributed by atoms with van der Waals surface area (Å²) in [7, 11) is -4.07. The zero-order valence-corrected chi connectivity index (χ0v) is 17.9. The standard InChI is InChI=1S/C9H19NO4S.C9H16O2/c1-5-7(2)8(11)10-9(3,4)6-15(12,13)14;1-5-7-11-8(10)9(3,4)6-2/h7H,5-6H2,1-4H3,(H,10,11)(H,12,13,14);5H,1,6-7H2,2-4H3. The van der Waals surface area contributed by atoms with Crippen LogP contribution in [0.1, 0.15) is 61.3 Å². The first kappa shape index (κ1) is 26.8. The van der Waals surface area contributed by atoms with Crippen LogP contribution in [-0.2, 0) is 24.4 Å². The first-order valence-corrected chi connectivity index (χ1v) is 10.3. The molecule has 1 unspecified atom stereocenters. The van der Waals surface area contributed by atoms with E-state index in [0.717, 1.165) is 6.42 Å². The second kappa shape index (κ2) is 11.3. The Labute approximate surface area is 158 Å². The van der Waals surface area contributed by atoms with Crippen molar-refractivity contribution in [3.63, 3.8) is 0 Å². The van der Waals surface area contributed by atoms with Crippen LogP contribution in [0.25, 0.3) is 0 Å². The molecular weight excluding hydrogens is 358 g/mol. The SMILES string of the molecule is C=CCOC(=O)C(C)(C)CC.CCC(C)C(=O)NC(C)(C)CS(=O)(=O)O. The molecule has 1 amide bonds. The van der Waals surface area contributed by atoms with Crippen molar-refractivity contribution < 1.29 is 27.3 Å². The van der Waals surface area contributed by atoms with E-state index >= 15 is 0 Å². The van der Waals surface area contributed by atoms with Gasteiger partial charge in [0.25, 0.3) is 10.1 Å². The number of hydrogen-bond donors (Lipinski definition) is 2. The van der Waals surface area contributed by atoms with Crippen LogP contribution >= 0.6 is 0 Å². The molecule has 154 valence electrons. The van der Waals surface area contributed by atoms with Crippen LogP contribution in [-0.4, -0.2) is 42.7 Å².